The summed E-state index contributed by atoms with van der Waals surface area (Å²) in [5.41, 5.74) is 0. The van der Waals surface area contributed by atoms with Crippen LogP contribution < -0.4 is 0 Å². The minimum Gasteiger partial charge on any atom is -0.303 e. The third-order valence-corrected chi connectivity index (χ3v) is 2.47. The summed E-state index contributed by atoms with van der Waals surface area (Å²) in [5.74, 6) is 0.197. The Morgan fingerprint density at radius 3 is 2.67 bits per heavy atom. The highest BCUT2D eigenvalue weighted by Crippen LogP contribution is 2.15. The molecule has 0 N–H and O–H groups in total. The first-order valence-corrected chi connectivity index (χ1v) is 5.05. The van der Waals surface area contributed by atoms with E-state index in [2.05, 4.69) is 12.2 Å². The zero-order chi connectivity index (χ0) is 8.65. The summed E-state index contributed by atoms with van der Waals surface area (Å²) in [7, 11) is 0. The van der Waals surface area contributed by atoms with Crippen LogP contribution in [0.4, 0.5) is 0 Å². The number of aldehydes is 1. The number of hydrogen-bond donors (Lipinski definition) is 0. The van der Waals surface area contributed by atoms with Crippen LogP contribution in [0.5, 0.6) is 0 Å². The topological polar surface area (TPSA) is 17.1 Å². The van der Waals surface area contributed by atoms with Gasteiger partial charge in [0.05, 0.1) is 0 Å². The first-order valence-electron chi connectivity index (χ1n) is 5.05. The monoisotopic (exact) mass is 166 g/mol. The van der Waals surface area contributed by atoms with E-state index in [1.165, 1.54) is 32.1 Å². The molecule has 0 amide bonds. The van der Waals surface area contributed by atoms with Gasteiger partial charge in [0.2, 0.25) is 0 Å². The molecule has 1 unspecified atom stereocenters. The van der Waals surface area contributed by atoms with Crippen molar-refractivity contribution in [3.8, 4) is 0 Å². The van der Waals surface area contributed by atoms with E-state index in [1.807, 2.05) is 0 Å². The van der Waals surface area contributed by atoms with Gasteiger partial charge < -0.3 is 4.79 Å². The number of rotatable bonds is 1. The first-order chi connectivity index (χ1) is 5.93. The van der Waals surface area contributed by atoms with Gasteiger partial charge in [0.15, 0.2) is 0 Å². The smallest absolute Gasteiger partial charge is 0.126 e. The quantitative estimate of drug-likeness (QED) is 0.432. The first kappa shape index (κ1) is 9.50. The number of hydrogen-bond acceptors (Lipinski definition) is 1. The van der Waals surface area contributed by atoms with Gasteiger partial charge >= 0.3 is 0 Å². The predicted octanol–water partition coefficient (Wildman–Crippen LogP) is 3.10. The summed E-state index contributed by atoms with van der Waals surface area (Å²) in [6, 6.07) is 0. The van der Waals surface area contributed by atoms with Crippen LogP contribution in [0.2, 0.25) is 0 Å². The fourth-order valence-corrected chi connectivity index (χ4v) is 1.65. The fourth-order valence-electron chi connectivity index (χ4n) is 1.65. The lowest BCUT2D eigenvalue weighted by Gasteiger charge is -2.07. The average molecular weight is 166 g/mol. The highest BCUT2D eigenvalue weighted by molar-refractivity contribution is 5.56. The van der Waals surface area contributed by atoms with Gasteiger partial charge in [-0.15, -0.1) is 0 Å². The molecular weight excluding hydrogens is 148 g/mol. The van der Waals surface area contributed by atoms with Crippen LogP contribution in [0.1, 0.15) is 44.9 Å². The number of carbonyl (C=O) groups is 1. The number of allylic oxidation sites excluding steroid dienone is 2. The molecule has 1 aliphatic rings. The summed E-state index contributed by atoms with van der Waals surface area (Å²) in [5, 5.41) is 0. The van der Waals surface area contributed by atoms with E-state index >= 15 is 0 Å². The maximum absolute atomic E-state index is 10.6. The lowest BCUT2D eigenvalue weighted by molar-refractivity contribution is -0.110. The fraction of sp³-hybridized carbons (Fsp3) is 0.727. The van der Waals surface area contributed by atoms with Crippen molar-refractivity contribution >= 4 is 6.29 Å². The molecule has 1 nitrogen and oxygen atoms in total. The second-order valence-corrected chi connectivity index (χ2v) is 3.57. The summed E-state index contributed by atoms with van der Waals surface area (Å²) in [6.45, 7) is 0. The summed E-state index contributed by atoms with van der Waals surface area (Å²) < 4.78 is 0. The van der Waals surface area contributed by atoms with Gasteiger partial charge in [-0.25, -0.2) is 0 Å². The average Bonchev–Trinajstić information content (AvgIpc) is 2.14. The Hall–Kier alpha value is -0.590. The van der Waals surface area contributed by atoms with E-state index in [-0.39, 0.29) is 5.92 Å². The Kier molecular flexibility index (Phi) is 4.74. The molecule has 1 heteroatoms. The van der Waals surface area contributed by atoms with E-state index in [0.717, 1.165) is 19.1 Å². The van der Waals surface area contributed by atoms with E-state index in [1.54, 1.807) is 0 Å². The van der Waals surface area contributed by atoms with Crippen LogP contribution in [-0.4, -0.2) is 6.29 Å². The molecule has 0 radical (unpaired) electrons. The Morgan fingerprint density at radius 2 is 1.83 bits per heavy atom. The summed E-state index contributed by atoms with van der Waals surface area (Å²) in [4.78, 5) is 10.6. The lowest BCUT2D eigenvalue weighted by Crippen LogP contribution is -1.98. The van der Waals surface area contributed by atoms with Crippen LogP contribution in [0.15, 0.2) is 12.2 Å². The Bertz CT molecular complexity index is 149. The van der Waals surface area contributed by atoms with Crippen molar-refractivity contribution in [2.45, 2.75) is 44.9 Å². The van der Waals surface area contributed by atoms with Crippen molar-refractivity contribution in [2.75, 3.05) is 0 Å². The van der Waals surface area contributed by atoms with Gasteiger partial charge in [-0.05, 0) is 19.3 Å². The van der Waals surface area contributed by atoms with Gasteiger partial charge in [-0.1, -0.05) is 37.8 Å². The molecule has 0 spiro atoms. The highest BCUT2D eigenvalue weighted by Gasteiger charge is 2.03. The Balaban J connectivity index is 2.35. The summed E-state index contributed by atoms with van der Waals surface area (Å²) in [6.07, 6.45) is 14.1. The maximum Gasteiger partial charge on any atom is 0.126 e. The van der Waals surface area contributed by atoms with Crippen LogP contribution in [0.3, 0.4) is 0 Å². The maximum atomic E-state index is 10.6. The second kappa shape index (κ2) is 5.99. The van der Waals surface area contributed by atoms with E-state index in [4.69, 9.17) is 0 Å². The molecule has 0 aliphatic heterocycles. The van der Waals surface area contributed by atoms with Crippen molar-refractivity contribution < 1.29 is 4.79 Å². The molecule has 1 aliphatic carbocycles. The minimum atomic E-state index is 0.197. The van der Waals surface area contributed by atoms with Crippen molar-refractivity contribution in [3.05, 3.63) is 12.2 Å². The molecule has 0 heterocycles. The molecule has 0 fully saturated rings. The molecule has 0 bridgehead atoms. The molecule has 0 saturated heterocycles. The van der Waals surface area contributed by atoms with Gasteiger partial charge in [0.1, 0.15) is 6.29 Å². The third-order valence-electron chi connectivity index (χ3n) is 2.47. The molecule has 1 atom stereocenters. The molecule has 0 saturated carbocycles. The highest BCUT2D eigenvalue weighted by atomic mass is 16.1. The molecule has 0 aromatic rings. The number of carbonyl (C=O) groups excluding carboxylic acids is 1. The van der Waals surface area contributed by atoms with Crippen molar-refractivity contribution in [1.82, 2.24) is 0 Å². The van der Waals surface area contributed by atoms with E-state index in [0.29, 0.717) is 0 Å². The lowest BCUT2D eigenvalue weighted by atomic mass is 9.98. The second-order valence-electron chi connectivity index (χ2n) is 3.57. The zero-order valence-electron chi connectivity index (χ0n) is 7.67. The van der Waals surface area contributed by atoms with Crippen molar-refractivity contribution in [1.29, 1.82) is 0 Å². The zero-order valence-corrected chi connectivity index (χ0v) is 7.67. The molecule has 68 valence electrons. The third kappa shape index (κ3) is 3.70. The summed E-state index contributed by atoms with van der Waals surface area (Å²) >= 11 is 0. The Morgan fingerprint density at radius 1 is 1.08 bits per heavy atom. The van der Waals surface area contributed by atoms with Crippen LogP contribution in [0.25, 0.3) is 0 Å². The van der Waals surface area contributed by atoms with Crippen LogP contribution in [0, 0.1) is 5.92 Å². The van der Waals surface area contributed by atoms with E-state index in [9.17, 15) is 4.79 Å². The molecular formula is C11H18O. The Labute approximate surface area is 74.9 Å². The molecule has 12 heavy (non-hydrogen) atoms. The predicted molar refractivity (Wildman–Crippen MR) is 51.0 cm³/mol. The van der Waals surface area contributed by atoms with Crippen molar-refractivity contribution in [3.63, 3.8) is 0 Å². The van der Waals surface area contributed by atoms with Crippen LogP contribution >= 0.6 is 0 Å². The van der Waals surface area contributed by atoms with E-state index < -0.39 is 0 Å². The SMILES string of the molecule is O=CC1C=CCCCCCCC1. The van der Waals surface area contributed by atoms with Crippen LogP contribution in [-0.2, 0) is 4.79 Å². The van der Waals surface area contributed by atoms with Gasteiger partial charge in [0.25, 0.3) is 0 Å². The minimum absolute atomic E-state index is 0.197. The normalized spacial score (nSPS) is 26.5. The molecule has 0 aromatic heterocycles. The standard InChI is InChI=1S/C11H18O/c12-10-11-8-6-4-2-1-3-5-7-9-11/h6,8,10-11H,1-5,7,9H2. The van der Waals surface area contributed by atoms with Gasteiger partial charge in [0, 0.05) is 5.92 Å². The molecule has 0 aromatic carbocycles. The van der Waals surface area contributed by atoms with Gasteiger partial charge in [-0.2, -0.15) is 0 Å². The van der Waals surface area contributed by atoms with Crippen molar-refractivity contribution in [2.24, 2.45) is 5.92 Å². The van der Waals surface area contributed by atoms with Gasteiger partial charge in [-0.3, -0.25) is 0 Å². The largest absolute Gasteiger partial charge is 0.303 e. The molecule has 1 rings (SSSR count).